The summed E-state index contributed by atoms with van der Waals surface area (Å²) in [6.45, 7) is 2.50. The largest absolute Gasteiger partial charge is 0.489 e. The molecular weight excluding hydrogens is 234 g/mol. The molecule has 0 radical (unpaired) electrons. The third-order valence-corrected chi connectivity index (χ3v) is 3.53. The summed E-state index contributed by atoms with van der Waals surface area (Å²) in [5.74, 6) is 8.13. The van der Waals surface area contributed by atoms with Crippen LogP contribution in [0.4, 0.5) is 0 Å². The van der Waals surface area contributed by atoms with Crippen LogP contribution >= 0.6 is 0 Å². The molecule has 1 unspecified atom stereocenters. The fourth-order valence-corrected chi connectivity index (χ4v) is 2.36. The molecule has 1 aromatic rings. The molecule has 19 heavy (non-hydrogen) atoms. The van der Waals surface area contributed by atoms with E-state index in [1.165, 1.54) is 32.1 Å². The zero-order valence-corrected chi connectivity index (χ0v) is 11.7. The molecule has 0 aromatic heterocycles. The van der Waals surface area contributed by atoms with E-state index in [-0.39, 0.29) is 6.10 Å². The average Bonchev–Trinajstić information content (AvgIpc) is 2.46. The number of rotatable bonds is 3. The minimum atomic E-state index is 0.0431. The van der Waals surface area contributed by atoms with Crippen molar-refractivity contribution >= 4 is 0 Å². The molecule has 2 rings (SSSR count). The second kappa shape index (κ2) is 7.21. The molecule has 0 bridgehead atoms. The molecule has 0 saturated heterocycles. The van der Waals surface area contributed by atoms with Crippen LogP contribution in [0, 0.1) is 17.8 Å². The van der Waals surface area contributed by atoms with Crippen LogP contribution in [-0.4, -0.2) is 12.6 Å². The molecular formula is C17H23NO. The topological polar surface area (TPSA) is 35.2 Å². The van der Waals surface area contributed by atoms with Gasteiger partial charge in [0.05, 0.1) is 0 Å². The van der Waals surface area contributed by atoms with E-state index in [9.17, 15) is 0 Å². The molecule has 1 aliphatic carbocycles. The van der Waals surface area contributed by atoms with Crippen LogP contribution < -0.4 is 10.5 Å². The van der Waals surface area contributed by atoms with E-state index < -0.39 is 0 Å². The van der Waals surface area contributed by atoms with Crippen LogP contribution in [0.25, 0.3) is 0 Å². The maximum absolute atomic E-state index is 5.70. The van der Waals surface area contributed by atoms with Gasteiger partial charge in [0.2, 0.25) is 0 Å². The molecule has 1 atom stereocenters. The lowest BCUT2D eigenvalue weighted by Crippen LogP contribution is -2.22. The first-order valence-corrected chi connectivity index (χ1v) is 7.26. The van der Waals surface area contributed by atoms with Gasteiger partial charge in [0, 0.05) is 18.0 Å². The van der Waals surface area contributed by atoms with Crippen LogP contribution in [0.2, 0.25) is 0 Å². The van der Waals surface area contributed by atoms with Gasteiger partial charge in [-0.3, -0.25) is 0 Å². The minimum Gasteiger partial charge on any atom is -0.489 e. The van der Waals surface area contributed by atoms with Gasteiger partial charge in [-0.2, -0.15) is 0 Å². The Morgan fingerprint density at radius 2 is 2.11 bits per heavy atom. The van der Waals surface area contributed by atoms with Crippen molar-refractivity contribution in [2.75, 3.05) is 6.54 Å². The number of hydrogen-bond acceptors (Lipinski definition) is 2. The number of hydrogen-bond donors (Lipinski definition) is 1. The van der Waals surface area contributed by atoms with E-state index in [0.29, 0.717) is 12.5 Å². The summed E-state index contributed by atoms with van der Waals surface area (Å²) >= 11 is 0. The molecule has 0 aliphatic heterocycles. The fraction of sp³-hybridized carbons (Fsp3) is 0.529. The molecule has 0 amide bonds. The molecule has 1 saturated carbocycles. The van der Waals surface area contributed by atoms with Crippen LogP contribution in [0.5, 0.6) is 5.75 Å². The highest BCUT2D eigenvalue weighted by Crippen LogP contribution is 2.23. The first-order valence-electron chi connectivity index (χ1n) is 7.26. The molecule has 2 heteroatoms. The SMILES string of the molecule is CC(CN)Oc1cccc(C#CC2CCCCC2)c1. The maximum atomic E-state index is 5.70. The highest BCUT2D eigenvalue weighted by molar-refractivity contribution is 5.40. The van der Waals surface area contributed by atoms with Crippen LogP contribution in [0.3, 0.4) is 0 Å². The highest BCUT2D eigenvalue weighted by Gasteiger charge is 2.09. The summed E-state index contributed by atoms with van der Waals surface area (Å²) in [6, 6.07) is 7.99. The predicted molar refractivity (Wildman–Crippen MR) is 79.0 cm³/mol. The standard InChI is InChI=1S/C17H23NO/c1-14(13-18)19-17-9-5-8-16(12-17)11-10-15-6-3-2-4-7-15/h5,8-9,12,14-15H,2-4,6-7,13,18H2,1H3. The van der Waals surface area contributed by atoms with E-state index in [1.54, 1.807) is 0 Å². The smallest absolute Gasteiger partial charge is 0.121 e. The van der Waals surface area contributed by atoms with E-state index in [4.69, 9.17) is 10.5 Å². The minimum absolute atomic E-state index is 0.0431. The van der Waals surface area contributed by atoms with Crippen molar-refractivity contribution < 1.29 is 4.74 Å². The Labute approximate surface area is 116 Å². The first-order chi connectivity index (χ1) is 9.28. The van der Waals surface area contributed by atoms with Crippen molar-refractivity contribution in [1.82, 2.24) is 0 Å². The Bertz CT molecular complexity index is 452. The van der Waals surface area contributed by atoms with Gasteiger partial charge in [-0.1, -0.05) is 37.2 Å². The van der Waals surface area contributed by atoms with Crippen molar-refractivity contribution in [1.29, 1.82) is 0 Å². The van der Waals surface area contributed by atoms with Crippen molar-refractivity contribution in [3.63, 3.8) is 0 Å². The molecule has 0 heterocycles. The molecule has 2 N–H and O–H groups in total. The van der Waals surface area contributed by atoms with Crippen molar-refractivity contribution in [2.24, 2.45) is 11.7 Å². The average molecular weight is 257 g/mol. The summed E-state index contributed by atoms with van der Waals surface area (Å²) in [7, 11) is 0. The fourth-order valence-electron chi connectivity index (χ4n) is 2.36. The Morgan fingerprint density at radius 3 is 2.84 bits per heavy atom. The number of ether oxygens (including phenoxy) is 1. The second-order valence-electron chi connectivity index (χ2n) is 5.30. The second-order valence-corrected chi connectivity index (χ2v) is 5.30. The van der Waals surface area contributed by atoms with Gasteiger partial charge in [0.25, 0.3) is 0 Å². The van der Waals surface area contributed by atoms with Gasteiger partial charge < -0.3 is 10.5 Å². The molecule has 102 valence electrons. The van der Waals surface area contributed by atoms with Crippen molar-refractivity contribution in [2.45, 2.75) is 45.1 Å². The lowest BCUT2D eigenvalue weighted by molar-refractivity contribution is 0.230. The summed E-state index contributed by atoms with van der Waals surface area (Å²) in [5, 5.41) is 0. The summed E-state index contributed by atoms with van der Waals surface area (Å²) in [6.07, 6.45) is 6.59. The van der Waals surface area contributed by atoms with E-state index >= 15 is 0 Å². The quantitative estimate of drug-likeness (QED) is 0.843. The number of benzene rings is 1. The van der Waals surface area contributed by atoms with E-state index in [1.807, 2.05) is 31.2 Å². The zero-order chi connectivity index (χ0) is 13.5. The van der Waals surface area contributed by atoms with Gasteiger partial charge in [-0.05, 0) is 38.0 Å². The van der Waals surface area contributed by atoms with Gasteiger partial charge in [-0.15, -0.1) is 0 Å². The monoisotopic (exact) mass is 257 g/mol. The number of nitrogens with two attached hydrogens (primary N) is 1. The Morgan fingerprint density at radius 1 is 1.32 bits per heavy atom. The Balaban J connectivity index is 2.00. The zero-order valence-electron chi connectivity index (χ0n) is 11.7. The molecule has 0 spiro atoms. The van der Waals surface area contributed by atoms with Crippen LogP contribution in [0.1, 0.15) is 44.6 Å². The Hall–Kier alpha value is -1.46. The highest BCUT2D eigenvalue weighted by atomic mass is 16.5. The molecule has 1 aliphatic rings. The van der Waals surface area contributed by atoms with Crippen molar-refractivity contribution in [3.8, 4) is 17.6 Å². The normalized spacial score (nSPS) is 17.4. The van der Waals surface area contributed by atoms with Crippen LogP contribution in [-0.2, 0) is 0 Å². The Kier molecular flexibility index (Phi) is 5.30. The molecule has 1 fully saturated rings. The summed E-state index contributed by atoms with van der Waals surface area (Å²) in [4.78, 5) is 0. The summed E-state index contributed by atoms with van der Waals surface area (Å²) < 4.78 is 5.70. The summed E-state index contributed by atoms with van der Waals surface area (Å²) in [5.41, 5.74) is 6.60. The van der Waals surface area contributed by atoms with Gasteiger partial charge >= 0.3 is 0 Å². The van der Waals surface area contributed by atoms with Gasteiger partial charge in [0.1, 0.15) is 11.9 Å². The lowest BCUT2D eigenvalue weighted by atomic mass is 9.90. The van der Waals surface area contributed by atoms with Crippen molar-refractivity contribution in [3.05, 3.63) is 29.8 Å². The van der Waals surface area contributed by atoms with E-state index in [0.717, 1.165) is 11.3 Å². The third kappa shape index (κ3) is 4.61. The van der Waals surface area contributed by atoms with E-state index in [2.05, 4.69) is 11.8 Å². The van der Waals surface area contributed by atoms with Gasteiger partial charge in [-0.25, -0.2) is 0 Å². The maximum Gasteiger partial charge on any atom is 0.121 e. The molecule has 1 aromatic carbocycles. The predicted octanol–water partition coefficient (Wildman–Crippen LogP) is 3.34. The third-order valence-electron chi connectivity index (χ3n) is 3.53. The van der Waals surface area contributed by atoms with Gasteiger partial charge in [0.15, 0.2) is 0 Å². The molecule has 2 nitrogen and oxygen atoms in total. The first kappa shape index (κ1) is 14.0. The van der Waals surface area contributed by atoms with Crippen LogP contribution in [0.15, 0.2) is 24.3 Å². The lowest BCUT2D eigenvalue weighted by Gasteiger charge is -2.15.